The maximum Gasteiger partial charge on any atom is 0.365 e. The molecule has 2 rings (SSSR count). The molecular weight excluding hydrogens is 287 g/mol. The first kappa shape index (κ1) is 15.4. The van der Waals surface area contributed by atoms with Gasteiger partial charge in [-0.25, -0.2) is 14.2 Å². The quantitative estimate of drug-likeness (QED) is 0.626. The van der Waals surface area contributed by atoms with E-state index < -0.39 is 17.5 Å². The third-order valence-corrected chi connectivity index (χ3v) is 2.68. The van der Waals surface area contributed by atoms with E-state index >= 15 is 0 Å². The zero-order valence-electron chi connectivity index (χ0n) is 11.9. The third kappa shape index (κ3) is 3.79. The first-order chi connectivity index (χ1) is 10.6. The van der Waals surface area contributed by atoms with Crippen LogP contribution in [0.5, 0.6) is 11.5 Å². The zero-order chi connectivity index (χ0) is 15.9. The van der Waals surface area contributed by atoms with Crippen LogP contribution in [-0.2, 0) is 0 Å². The van der Waals surface area contributed by atoms with Gasteiger partial charge >= 0.3 is 5.97 Å². The molecule has 0 saturated heterocycles. The lowest BCUT2D eigenvalue weighted by Crippen LogP contribution is -2.13. The molecule has 0 aliphatic heterocycles. The van der Waals surface area contributed by atoms with Gasteiger partial charge < -0.3 is 9.47 Å². The minimum atomic E-state index is -0.913. The molecule has 0 amide bonds. The van der Waals surface area contributed by atoms with Gasteiger partial charge in [-0.2, -0.15) is 5.26 Å². The van der Waals surface area contributed by atoms with Gasteiger partial charge in [-0.15, -0.1) is 0 Å². The maximum absolute atomic E-state index is 13.9. The number of nitriles is 1. The first-order valence-corrected chi connectivity index (χ1v) is 6.64. The standard InChI is InChI=1S/C16H13FN2O3/c1-2-7-21-13-8-14(17)15(19-10-13)16(20)22-12-5-3-11(9-18)4-6-12/h3-6,8,10H,2,7H2,1H3. The van der Waals surface area contributed by atoms with Crippen molar-refractivity contribution in [3.05, 3.63) is 53.6 Å². The van der Waals surface area contributed by atoms with Crippen molar-refractivity contribution in [2.75, 3.05) is 6.61 Å². The molecule has 0 aliphatic carbocycles. The number of esters is 1. The van der Waals surface area contributed by atoms with Gasteiger partial charge in [0, 0.05) is 6.07 Å². The zero-order valence-corrected chi connectivity index (χ0v) is 11.9. The van der Waals surface area contributed by atoms with Crippen molar-refractivity contribution in [2.45, 2.75) is 13.3 Å². The second kappa shape index (κ2) is 7.18. The Morgan fingerprint density at radius 3 is 2.64 bits per heavy atom. The van der Waals surface area contributed by atoms with Crippen LogP contribution in [0.15, 0.2) is 36.5 Å². The Hall–Kier alpha value is -2.94. The van der Waals surface area contributed by atoms with Gasteiger partial charge in [-0.3, -0.25) is 0 Å². The molecule has 0 radical (unpaired) electrons. The van der Waals surface area contributed by atoms with Gasteiger partial charge in [0.05, 0.1) is 24.4 Å². The van der Waals surface area contributed by atoms with Crippen LogP contribution in [0, 0.1) is 17.1 Å². The van der Waals surface area contributed by atoms with Crippen LogP contribution in [0.25, 0.3) is 0 Å². The highest BCUT2D eigenvalue weighted by atomic mass is 19.1. The lowest BCUT2D eigenvalue weighted by atomic mass is 10.2. The second-order valence-corrected chi connectivity index (χ2v) is 4.38. The maximum atomic E-state index is 13.9. The molecule has 1 heterocycles. The highest BCUT2D eigenvalue weighted by Gasteiger charge is 2.17. The van der Waals surface area contributed by atoms with E-state index in [-0.39, 0.29) is 11.5 Å². The summed E-state index contributed by atoms with van der Waals surface area (Å²) in [5.41, 5.74) is 0.00902. The summed E-state index contributed by atoms with van der Waals surface area (Å²) in [6, 6.07) is 8.93. The largest absolute Gasteiger partial charge is 0.492 e. The van der Waals surface area contributed by atoms with E-state index in [1.807, 2.05) is 13.0 Å². The number of ether oxygens (including phenoxy) is 2. The summed E-state index contributed by atoms with van der Waals surface area (Å²) in [6.07, 6.45) is 2.05. The lowest BCUT2D eigenvalue weighted by molar-refractivity contribution is 0.0723. The smallest absolute Gasteiger partial charge is 0.365 e. The van der Waals surface area contributed by atoms with Gasteiger partial charge in [0.1, 0.15) is 11.5 Å². The summed E-state index contributed by atoms with van der Waals surface area (Å²) in [7, 11) is 0. The van der Waals surface area contributed by atoms with Crippen LogP contribution in [0.2, 0.25) is 0 Å². The van der Waals surface area contributed by atoms with E-state index in [4.69, 9.17) is 14.7 Å². The van der Waals surface area contributed by atoms with Crippen molar-refractivity contribution < 1.29 is 18.7 Å². The fourth-order valence-electron chi connectivity index (χ4n) is 1.62. The van der Waals surface area contributed by atoms with Crippen molar-refractivity contribution in [3.63, 3.8) is 0 Å². The Morgan fingerprint density at radius 2 is 2.05 bits per heavy atom. The van der Waals surface area contributed by atoms with Crippen LogP contribution < -0.4 is 9.47 Å². The molecule has 0 bridgehead atoms. The summed E-state index contributed by atoms with van der Waals surface area (Å²) in [6.45, 7) is 2.36. The van der Waals surface area contributed by atoms with Crippen LogP contribution >= 0.6 is 0 Å². The minimum absolute atomic E-state index is 0.205. The number of carbonyl (C=O) groups excluding carboxylic acids is 1. The number of nitrogens with zero attached hydrogens (tertiary/aromatic N) is 2. The molecule has 0 saturated carbocycles. The molecule has 0 atom stereocenters. The van der Waals surface area contributed by atoms with Gasteiger partial charge in [-0.05, 0) is 30.7 Å². The SMILES string of the molecule is CCCOc1cnc(C(=O)Oc2ccc(C#N)cc2)c(F)c1. The predicted molar refractivity (Wildman–Crippen MR) is 76.1 cm³/mol. The summed E-state index contributed by atoms with van der Waals surface area (Å²) in [5, 5.41) is 8.68. The molecule has 0 N–H and O–H groups in total. The van der Waals surface area contributed by atoms with Crippen molar-refractivity contribution in [1.29, 1.82) is 5.26 Å². The van der Waals surface area contributed by atoms with Gasteiger partial charge in [0.25, 0.3) is 0 Å². The number of rotatable bonds is 5. The molecule has 22 heavy (non-hydrogen) atoms. The van der Waals surface area contributed by atoms with Crippen molar-refractivity contribution in [1.82, 2.24) is 4.98 Å². The molecule has 0 aliphatic rings. The Bertz CT molecular complexity index is 708. The Kier molecular flexibility index (Phi) is 5.04. The minimum Gasteiger partial charge on any atom is -0.492 e. The monoisotopic (exact) mass is 300 g/mol. The van der Waals surface area contributed by atoms with E-state index in [0.717, 1.165) is 12.5 Å². The van der Waals surface area contributed by atoms with Crippen molar-refractivity contribution in [2.24, 2.45) is 0 Å². The number of halogens is 1. The van der Waals surface area contributed by atoms with E-state index in [2.05, 4.69) is 4.98 Å². The van der Waals surface area contributed by atoms with Crippen LogP contribution in [-0.4, -0.2) is 17.6 Å². The van der Waals surface area contributed by atoms with E-state index in [1.54, 1.807) is 0 Å². The number of pyridine rings is 1. The van der Waals surface area contributed by atoms with Crippen LogP contribution in [0.4, 0.5) is 4.39 Å². The Labute approximate surface area is 126 Å². The molecule has 5 nitrogen and oxygen atoms in total. The van der Waals surface area contributed by atoms with Gasteiger partial charge in [0.15, 0.2) is 11.5 Å². The number of carbonyl (C=O) groups is 1. The molecule has 6 heteroatoms. The molecular formula is C16H13FN2O3. The summed E-state index contributed by atoms with van der Waals surface area (Å²) in [5.74, 6) is -1.26. The number of benzene rings is 1. The molecule has 112 valence electrons. The Morgan fingerprint density at radius 1 is 1.32 bits per heavy atom. The molecule has 0 fully saturated rings. The second-order valence-electron chi connectivity index (χ2n) is 4.38. The molecule has 0 unspecified atom stereocenters. The van der Waals surface area contributed by atoms with Crippen LogP contribution in [0.1, 0.15) is 29.4 Å². The summed E-state index contributed by atoms with van der Waals surface area (Å²) in [4.78, 5) is 15.6. The first-order valence-electron chi connectivity index (χ1n) is 6.64. The fraction of sp³-hybridized carbons (Fsp3) is 0.188. The highest BCUT2D eigenvalue weighted by molar-refractivity contribution is 5.89. The normalized spacial score (nSPS) is 9.86. The van der Waals surface area contributed by atoms with E-state index in [9.17, 15) is 9.18 Å². The van der Waals surface area contributed by atoms with Gasteiger partial charge in [0.2, 0.25) is 0 Å². The molecule has 1 aromatic heterocycles. The molecule has 1 aromatic carbocycles. The van der Waals surface area contributed by atoms with E-state index in [0.29, 0.717) is 12.2 Å². The number of hydrogen-bond acceptors (Lipinski definition) is 5. The third-order valence-electron chi connectivity index (χ3n) is 2.68. The van der Waals surface area contributed by atoms with Crippen molar-refractivity contribution in [3.8, 4) is 17.6 Å². The average molecular weight is 300 g/mol. The predicted octanol–water partition coefficient (Wildman–Crippen LogP) is 3.10. The topological polar surface area (TPSA) is 72.2 Å². The van der Waals surface area contributed by atoms with Gasteiger partial charge in [-0.1, -0.05) is 6.92 Å². The van der Waals surface area contributed by atoms with Crippen molar-refractivity contribution >= 4 is 5.97 Å². The van der Waals surface area contributed by atoms with E-state index in [1.165, 1.54) is 30.5 Å². The number of hydrogen-bond donors (Lipinski definition) is 0. The average Bonchev–Trinajstić information content (AvgIpc) is 2.53. The summed E-state index contributed by atoms with van der Waals surface area (Å²) >= 11 is 0. The molecule has 2 aromatic rings. The molecule has 0 spiro atoms. The highest BCUT2D eigenvalue weighted by Crippen LogP contribution is 2.17. The van der Waals surface area contributed by atoms with Crippen LogP contribution in [0.3, 0.4) is 0 Å². The fourth-order valence-corrected chi connectivity index (χ4v) is 1.62. The lowest BCUT2D eigenvalue weighted by Gasteiger charge is -2.07. The number of aromatic nitrogens is 1. The Balaban J connectivity index is 2.10. The summed E-state index contributed by atoms with van der Waals surface area (Å²) < 4.78 is 24.1.